The van der Waals surface area contributed by atoms with E-state index < -0.39 is 10.0 Å². The van der Waals surface area contributed by atoms with E-state index in [9.17, 15) is 13.5 Å². The fourth-order valence-electron chi connectivity index (χ4n) is 2.70. The molecular weight excluding hydrogens is 302 g/mol. The van der Waals surface area contributed by atoms with E-state index in [1.165, 1.54) is 22.8 Å². The highest BCUT2D eigenvalue weighted by Gasteiger charge is 2.32. The highest BCUT2D eigenvalue weighted by molar-refractivity contribution is 7.92. The Hall–Kier alpha value is -2.02. The largest absolute Gasteiger partial charge is 0.506 e. The minimum atomic E-state index is -3.72. The minimum Gasteiger partial charge on any atom is -0.506 e. The van der Waals surface area contributed by atoms with E-state index in [4.69, 9.17) is 0 Å². The number of anilines is 1. The van der Waals surface area contributed by atoms with Crippen molar-refractivity contribution in [3.8, 4) is 5.75 Å². The summed E-state index contributed by atoms with van der Waals surface area (Å²) in [4.78, 5) is 0.150. The van der Waals surface area contributed by atoms with E-state index in [1.54, 1.807) is 10.7 Å². The van der Waals surface area contributed by atoms with Gasteiger partial charge >= 0.3 is 0 Å². The van der Waals surface area contributed by atoms with Crippen LogP contribution in [-0.4, -0.2) is 29.8 Å². The third-order valence-electron chi connectivity index (χ3n) is 3.85. The quantitative estimate of drug-likeness (QED) is 0.941. The molecule has 0 fully saturated rings. The van der Waals surface area contributed by atoms with Gasteiger partial charge in [0.1, 0.15) is 10.6 Å². The second-order valence-electron chi connectivity index (χ2n) is 5.72. The van der Waals surface area contributed by atoms with Gasteiger partial charge in [0.05, 0.1) is 11.9 Å². The monoisotopic (exact) mass is 321 g/mol. The van der Waals surface area contributed by atoms with Crippen molar-refractivity contribution in [3.05, 3.63) is 36.2 Å². The molecule has 7 heteroatoms. The molecule has 0 saturated heterocycles. The summed E-state index contributed by atoms with van der Waals surface area (Å²) < 4.78 is 28.7. The van der Waals surface area contributed by atoms with E-state index >= 15 is 0 Å². The minimum absolute atomic E-state index is 0.00275. The summed E-state index contributed by atoms with van der Waals surface area (Å²) in [5.74, 6) is -0.00275. The molecule has 1 aliphatic rings. The molecule has 0 atom stereocenters. The topological polar surface area (TPSA) is 75.4 Å². The van der Waals surface area contributed by atoms with Gasteiger partial charge in [-0.25, -0.2) is 8.42 Å². The molecule has 2 aromatic rings. The molecule has 1 N–H and O–H groups in total. The molecule has 0 unspecified atom stereocenters. The lowest BCUT2D eigenvalue weighted by atomic mass is 10.0. The number of aromatic nitrogens is 2. The first-order valence-corrected chi connectivity index (χ1v) is 8.73. The third kappa shape index (κ3) is 2.35. The van der Waals surface area contributed by atoms with E-state index in [0.29, 0.717) is 12.2 Å². The zero-order valence-corrected chi connectivity index (χ0v) is 13.4. The Morgan fingerprint density at radius 3 is 2.77 bits per heavy atom. The third-order valence-corrected chi connectivity index (χ3v) is 5.60. The number of para-hydroxylation sites is 1. The lowest BCUT2D eigenvalue weighted by Gasteiger charge is -2.30. The summed E-state index contributed by atoms with van der Waals surface area (Å²) in [5, 5.41) is 14.2. The first-order chi connectivity index (χ1) is 10.4. The molecule has 1 aromatic heterocycles. The van der Waals surface area contributed by atoms with Crippen molar-refractivity contribution in [1.82, 2.24) is 9.78 Å². The number of aromatic hydroxyl groups is 1. The highest BCUT2D eigenvalue weighted by atomic mass is 32.2. The number of benzene rings is 1. The van der Waals surface area contributed by atoms with Gasteiger partial charge in [0.15, 0.2) is 0 Å². The van der Waals surface area contributed by atoms with Crippen molar-refractivity contribution in [2.24, 2.45) is 0 Å². The Bertz CT molecular complexity index is 796. The van der Waals surface area contributed by atoms with Crippen LogP contribution < -0.4 is 4.31 Å². The van der Waals surface area contributed by atoms with Crippen LogP contribution in [0.4, 0.5) is 5.69 Å². The first-order valence-electron chi connectivity index (χ1n) is 7.29. The lowest BCUT2D eigenvalue weighted by molar-refractivity contribution is 0.472. The van der Waals surface area contributed by atoms with Gasteiger partial charge in [0.25, 0.3) is 10.0 Å². The van der Waals surface area contributed by atoms with E-state index in [-0.39, 0.29) is 16.7 Å². The summed E-state index contributed by atoms with van der Waals surface area (Å²) >= 11 is 0. The number of sulfonamides is 1. The number of aryl methyl sites for hydroxylation is 1. The Balaban J connectivity index is 2.07. The average Bonchev–Trinajstić information content (AvgIpc) is 2.98. The average molecular weight is 321 g/mol. The summed E-state index contributed by atoms with van der Waals surface area (Å²) in [5.41, 5.74) is 1.25. The van der Waals surface area contributed by atoms with Gasteiger partial charge in [-0.05, 0) is 38.3 Å². The fourth-order valence-corrected chi connectivity index (χ4v) is 4.19. The number of nitrogens with zero attached hydrogens (tertiary/aromatic N) is 3. The summed E-state index contributed by atoms with van der Waals surface area (Å²) in [7, 11) is -3.72. The fraction of sp³-hybridized carbons (Fsp3) is 0.400. The molecule has 6 nitrogen and oxygen atoms in total. The molecule has 0 spiro atoms. The predicted molar refractivity (Wildman–Crippen MR) is 83.6 cm³/mol. The van der Waals surface area contributed by atoms with Crippen LogP contribution in [0.2, 0.25) is 0 Å². The van der Waals surface area contributed by atoms with Gasteiger partial charge in [-0.1, -0.05) is 12.1 Å². The SMILES string of the molecule is CC(C)n1cc(S(=O)(=O)N2CCCc3cccc(O)c32)cn1. The zero-order valence-electron chi connectivity index (χ0n) is 12.6. The van der Waals surface area contributed by atoms with Crippen molar-refractivity contribution in [1.29, 1.82) is 0 Å². The molecule has 22 heavy (non-hydrogen) atoms. The molecule has 0 amide bonds. The van der Waals surface area contributed by atoms with Crippen LogP contribution in [0.3, 0.4) is 0 Å². The van der Waals surface area contributed by atoms with Gasteiger partial charge in [0.2, 0.25) is 0 Å². The number of hydrogen-bond donors (Lipinski definition) is 1. The smallest absolute Gasteiger partial charge is 0.267 e. The van der Waals surface area contributed by atoms with Gasteiger partial charge in [-0.15, -0.1) is 0 Å². The van der Waals surface area contributed by atoms with Crippen molar-refractivity contribution < 1.29 is 13.5 Å². The molecule has 3 rings (SSSR count). The van der Waals surface area contributed by atoms with Crippen LogP contribution in [0, 0.1) is 0 Å². The Kier molecular flexibility index (Phi) is 3.60. The second kappa shape index (κ2) is 5.31. The van der Waals surface area contributed by atoms with Crippen LogP contribution in [0.25, 0.3) is 0 Å². The lowest BCUT2D eigenvalue weighted by Crippen LogP contribution is -2.35. The van der Waals surface area contributed by atoms with Crippen LogP contribution in [0.5, 0.6) is 5.75 Å². The number of hydrogen-bond acceptors (Lipinski definition) is 4. The van der Waals surface area contributed by atoms with Crippen LogP contribution >= 0.6 is 0 Å². The number of phenolic OH excluding ortho intramolecular Hbond substituents is 1. The maximum Gasteiger partial charge on any atom is 0.267 e. The maximum atomic E-state index is 12.9. The molecule has 0 bridgehead atoms. The van der Waals surface area contributed by atoms with Crippen LogP contribution in [0.1, 0.15) is 31.9 Å². The van der Waals surface area contributed by atoms with Crippen molar-refractivity contribution in [2.75, 3.05) is 10.8 Å². The standard InChI is InChI=1S/C15H19N3O3S/c1-11(2)17-10-13(9-16-17)22(20,21)18-8-4-6-12-5-3-7-14(19)15(12)18/h3,5,7,9-11,19H,4,6,8H2,1-2H3. The van der Waals surface area contributed by atoms with Crippen molar-refractivity contribution in [2.45, 2.75) is 37.6 Å². The Morgan fingerprint density at radius 1 is 1.32 bits per heavy atom. The van der Waals surface area contributed by atoms with E-state index in [2.05, 4.69) is 5.10 Å². The summed E-state index contributed by atoms with van der Waals surface area (Å²) in [6, 6.07) is 5.20. The van der Waals surface area contributed by atoms with E-state index in [1.807, 2.05) is 19.9 Å². The molecule has 1 aromatic carbocycles. The summed E-state index contributed by atoms with van der Waals surface area (Å²) in [6.45, 7) is 4.23. The van der Waals surface area contributed by atoms with Crippen LogP contribution in [0.15, 0.2) is 35.5 Å². The van der Waals surface area contributed by atoms with Crippen molar-refractivity contribution in [3.63, 3.8) is 0 Å². The van der Waals surface area contributed by atoms with Gasteiger partial charge < -0.3 is 5.11 Å². The predicted octanol–water partition coefficient (Wildman–Crippen LogP) is 2.31. The molecular formula is C15H19N3O3S. The highest BCUT2D eigenvalue weighted by Crippen LogP contribution is 2.38. The normalized spacial score (nSPS) is 15.1. The molecule has 2 heterocycles. The molecule has 1 aliphatic heterocycles. The number of fused-ring (bicyclic) bond motifs is 1. The van der Waals surface area contributed by atoms with Crippen LogP contribution in [-0.2, 0) is 16.4 Å². The molecule has 0 saturated carbocycles. The van der Waals surface area contributed by atoms with E-state index in [0.717, 1.165) is 18.4 Å². The molecule has 0 radical (unpaired) electrons. The summed E-state index contributed by atoms with van der Waals surface area (Å²) in [6.07, 6.45) is 4.40. The maximum absolute atomic E-state index is 12.9. The first kappa shape index (κ1) is 14.9. The Labute approximate surface area is 130 Å². The Morgan fingerprint density at radius 2 is 2.09 bits per heavy atom. The number of phenols is 1. The molecule has 0 aliphatic carbocycles. The van der Waals surface area contributed by atoms with Gasteiger partial charge in [0, 0.05) is 18.8 Å². The molecule has 118 valence electrons. The van der Waals surface area contributed by atoms with Crippen molar-refractivity contribution >= 4 is 15.7 Å². The second-order valence-corrected chi connectivity index (χ2v) is 7.58. The van der Waals surface area contributed by atoms with Gasteiger partial charge in [-0.3, -0.25) is 8.99 Å². The zero-order chi connectivity index (χ0) is 15.9. The number of rotatable bonds is 3. The van der Waals surface area contributed by atoms with Gasteiger partial charge in [-0.2, -0.15) is 5.10 Å².